The van der Waals surface area contributed by atoms with Crippen LogP contribution in [0.3, 0.4) is 0 Å². The van der Waals surface area contributed by atoms with Gasteiger partial charge in [0.15, 0.2) is 0 Å². The predicted molar refractivity (Wildman–Crippen MR) is 82.0 cm³/mol. The Morgan fingerprint density at radius 1 is 0.267 bits per heavy atom. The number of hydrogen-bond donors (Lipinski definition) is 6. The molecular weight excluding hydrogens is 706 g/mol. The number of carboxylic acid groups (broad SMARTS) is 6. The van der Waals surface area contributed by atoms with Gasteiger partial charge in [-0.05, 0) is 0 Å². The van der Waals surface area contributed by atoms with Crippen LogP contribution in [0.1, 0.15) is 0 Å². The van der Waals surface area contributed by atoms with Crippen LogP contribution in [0.5, 0.6) is 0 Å². The monoisotopic (exact) mass is 732 g/mol. The average molecular weight is 732 g/mol. The molecule has 0 heterocycles. The molecule has 0 aromatic rings. The quantitative estimate of drug-likeness (QED) is 0.127. The summed E-state index contributed by atoms with van der Waals surface area (Å²) in [5.74, 6) is -10.9. The summed E-state index contributed by atoms with van der Waals surface area (Å²) in [5, 5.41) is 44.3. The van der Waals surface area contributed by atoms with Crippen molar-refractivity contribution in [3.63, 3.8) is 0 Å². The van der Waals surface area contributed by atoms with E-state index in [-0.39, 0.29) is 137 Å². The maximum absolute atomic E-state index is 9.10. The molecule has 0 amide bonds. The summed E-state index contributed by atoms with van der Waals surface area (Å²) < 4.78 is 0. The number of hydrogen-bond acceptors (Lipinski definition) is 6. The molecule has 2 radical (unpaired) electrons. The van der Waals surface area contributed by atoms with E-state index in [9.17, 15) is 0 Å². The van der Waals surface area contributed by atoms with Crippen molar-refractivity contribution >= 4 is 35.8 Å². The Bertz CT molecular complexity index is 287. The van der Waals surface area contributed by atoms with Crippen LogP contribution in [0.4, 0.5) is 0 Å². The largest absolute Gasteiger partial charge is 0.473 e. The zero-order valence-corrected chi connectivity index (χ0v) is 21.7. The van der Waals surface area contributed by atoms with Gasteiger partial charge in [0.2, 0.25) is 0 Å². The van der Waals surface area contributed by atoms with Crippen LogP contribution < -0.4 is 0 Å². The zero-order valence-electron chi connectivity index (χ0n) is 14.3. The minimum atomic E-state index is -1.82. The summed E-state index contributed by atoms with van der Waals surface area (Å²) in [4.78, 5) is 54.6. The molecule has 0 aliphatic carbocycles. The molecular formula is C6H26O22Pr2. The Morgan fingerprint density at radius 2 is 0.300 bits per heavy atom. The molecule has 0 bridgehead atoms. The van der Waals surface area contributed by atoms with Gasteiger partial charge in [0, 0.05) is 82.6 Å². The molecule has 30 heavy (non-hydrogen) atoms. The van der Waals surface area contributed by atoms with Gasteiger partial charge in [-0.15, -0.1) is 0 Å². The molecule has 0 rings (SSSR count). The SMILES string of the molecule is O.O.O.O.O.O.O.O.O.O.O=C(O)C(=O)O.O=C(O)C(=O)O.O=C(O)C(=O)O.[Pr].[Pr]. The Labute approximate surface area is 230 Å². The molecule has 26 N–H and O–H groups in total. The number of carboxylic acids is 6. The second-order valence-corrected chi connectivity index (χ2v) is 1.83. The van der Waals surface area contributed by atoms with Crippen LogP contribution >= 0.6 is 0 Å². The topological polar surface area (TPSA) is 539 Å². The van der Waals surface area contributed by atoms with Crippen LogP contribution in [0, 0.1) is 82.6 Å². The van der Waals surface area contributed by atoms with Crippen LogP contribution in [-0.4, -0.2) is 121 Å². The molecule has 22 nitrogen and oxygen atoms in total. The van der Waals surface area contributed by atoms with Gasteiger partial charge >= 0.3 is 35.8 Å². The van der Waals surface area contributed by atoms with E-state index < -0.39 is 35.8 Å². The van der Waals surface area contributed by atoms with E-state index in [0.29, 0.717) is 0 Å². The predicted octanol–water partition coefficient (Wildman–Crippen LogP) is -10.8. The van der Waals surface area contributed by atoms with Gasteiger partial charge in [0.25, 0.3) is 0 Å². The van der Waals surface area contributed by atoms with E-state index in [1.807, 2.05) is 0 Å². The van der Waals surface area contributed by atoms with Crippen molar-refractivity contribution in [1.29, 1.82) is 0 Å². The Morgan fingerprint density at radius 3 is 0.300 bits per heavy atom. The van der Waals surface area contributed by atoms with Gasteiger partial charge < -0.3 is 85.4 Å². The molecule has 0 aliphatic rings. The molecule has 188 valence electrons. The summed E-state index contributed by atoms with van der Waals surface area (Å²) in [7, 11) is 0. The second-order valence-electron chi connectivity index (χ2n) is 1.83. The first kappa shape index (κ1) is 115. The number of carbonyl (C=O) groups is 6. The normalized spacial score (nSPS) is 4.40. The minimum Gasteiger partial charge on any atom is -0.473 e. The second kappa shape index (κ2) is 70.6. The fourth-order valence-electron chi connectivity index (χ4n) is 0. The summed E-state index contributed by atoms with van der Waals surface area (Å²) >= 11 is 0. The van der Waals surface area contributed by atoms with E-state index in [0.717, 1.165) is 0 Å². The third kappa shape index (κ3) is 149. The molecule has 0 saturated carbocycles. The fraction of sp³-hybridized carbons (Fsp3) is 0. The van der Waals surface area contributed by atoms with Gasteiger partial charge in [-0.3, -0.25) is 0 Å². The molecule has 0 aliphatic heterocycles. The summed E-state index contributed by atoms with van der Waals surface area (Å²) in [6, 6.07) is 0. The third-order valence-corrected chi connectivity index (χ3v) is 0.549. The summed E-state index contributed by atoms with van der Waals surface area (Å²) in [5.41, 5.74) is 0. The van der Waals surface area contributed by atoms with Crippen LogP contribution in [0.25, 0.3) is 0 Å². The van der Waals surface area contributed by atoms with Crippen molar-refractivity contribution in [3.05, 3.63) is 0 Å². The van der Waals surface area contributed by atoms with Crippen molar-refractivity contribution in [2.45, 2.75) is 0 Å². The molecule has 0 aromatic carbocycles. The molecule has 0 spiro atoms. The summed E-state index contributed by atoms with van der Waals surface area (Å²) in [6.45, 7) is 0. The summed E-state index contributed by atoms with van der Waals surface area (Å²) in [6.07, 6.45) is 0. The molecule has 24 heteroatoms. The smallest absolute Gasteiger partial charge is 0.414 e. The standard InChI is InChI=1S/3C2H2O4.10H2O.2Pr/c3*3-1(4)2(5)6;;;;;;;;;;;;/h3*(H,3,4)(H,5,6);10*1H2;;. The van der Waals surface area contributed by atoms with Crippen molar-refractivity contribution < 1.29 is 197 Å². The molecule has 0 fully saturated rings. The Hall–Kier alpha value is -0.853. The first-order chi connectivity index (χ1) is 7.93. The number of rotatable bonds is 0. The van der Waals surface area contributed by atoms with E-state index in [1.165, 1.54) is 0 Å². The van der Waals surface area contributed by atoms with Crippen molar-refractivity contribution in [2.24, 2.45) is 0 Å². The Kier molecular flexibility index (Phi) is 271. The van der Waals surface area contributed by atoms with Gasteiger partial charge in [-0.2, -0.15) is 0 Å². The van der Waals surface area contributed by atoms with Gasteiger partial charge in [0.05, 0.1) is 0 Å². The van der Waals surface area contributed by atoms with E-state index in [2.05, 4.69) is 0 Å². The molecule has 0 atom stereocenters. The van der Waals surface area contributed by atoms with Gasteiger partial charge in [-0.1, -0.05) is 0 Å². The molecule has 0 saturated heterocycles. The Balaban J connectivity index is -0.00000000721. The van der Waals surface area contributed by atoms with Gasteiger partial charge in [-0.25, -0.2) is 28.8 Å². The van der Waals surface area contributed by atoms with Crippen molar-refractivity contribution in [1.82, 2.24) is 0 Å². The first-order valence-corrected chi connectivity index (χ1v) is 3.32. The van der Waals surface area contributed by atoms with Crippen LogP contribution in [-0.2, 0) is 28.8 Å². The maximum Gasteiger partial charge on any atom is 0.414 e. The average Bonchev–Trinajstić information content (AvgIpc) is 2.18. The maximum atomic E-state index is 9.10. The molecule has 0 unspecified atom stereocenters. The zero-order chi connectivity index (χ0) is 15.5. The third-order valence-electron chi connectivity index (χ3n) is 0.549. The van der Waals surface area contributed by atoms with E-state index >= 15 is 0 Å². The van der Waals surface area contributed by atoms with E-state index in [1.54, 1.807) is 0 Å². The van der Waals surface area contributed by atoms with Crippen molar-refractivity contribution in [3.8, 4) is 0 Å². The van der Waals surface area contributed by atoms with Crippen LogP contribution in [0.15, 0.2) is 0 Å². The van der Waals surface area contributed by atoms with Crippen molar-refractivity contribution in [2.75, 3.05) is 0 Å². The first-order valence-electron chi connectivity index (χ1n) is 3.32. The fourth-order valence-corrected chi connectivity index (χ4v) is 0. The van der Waals surface area contributed by atoms with Crippen LogP contribution in [0.2, 0.25) is 0 Å². The molecule has 0 aromatic heterocycles. The van der Waals surface area contributed by atoms with Gasteiger partial charge in [0.1, 0.15) is 0 Å². The minimum absolute atomic E-state index is 0. The van der Waals surface area contributed by atoms with E-state index in [4.69, 9.17) is 59.4 Å². The number of aliphatic carboxylic acids is 6.